The maximum atomic E-state index is 12.6. The average Bonchev–Trinajstić information content (AvgIpc) is 3.31. The molecule has 0 aliphatic carbocycles. The summed E-state index contributed by atoms with van der Waals surface area (Å²) >= 11 is 12.2. The van der Waals surface area contributed by atoms with Crippen molar-refractivity contribution in [1.29, 1.82) is 0 Å². The SMILES string of the molecule is CN(CC(=O)NC(c1ccc(Cl)cc1)c1ccsc1)C(=O)c1ccc(Br)s1. The molecule has 140 valence electrons. The largest absolute Gasteiger partial charge is 0.344 e. The number of rotatable bonds is 6. The van der Waals surface area contributed by atoms with Crippen molar-refractivity contribution >= 4 is 62.0 Å². The van der Waals surface area contributed by atoms with Crippen LogP contribution in [0.4, 0.5) is 0 Å². The van der Waals surface area contributed by atoms with E-state index >= 15 is 0 Å². The van der Waals surface area contributed by atoms with E-state index < -0.39 is 0 Å². The number of nitrogens with one attached hydrogen (secondary N) is 1. The second kappa shape index (κ2) is 9.01. The van der Waals surface area contributed by atoms with Gasteiger partial charge in [-0.2, -0.15) is 11.3 Å². The maximum Gasteiger partial charge on any atom is 0.264 e. The van der Waals surface area contributed by atoms with Crippen molar-refractivity contribution in [1.82, 2.24) is 10.2 Å². The number of benzene rings is 1. The van der Waals surface area contributed by atoms with Crippen LogP contribution in [0.25, 0.3) is 0 Å². The van der Waals surface area contributed by atoms with E-state index in [0.29, 0.717) is 9.90 Å². The lowest BCUT2D eigenvalue weighted by Crippen LogP contribution is -2.39. The van der Waals surface area contributed by atoms with Crippen molar-refractivity contribution in [3.63, 3.8) is 0 Å². The van der Waals surface area contributed by atoms with Gasteiger partial charge in [-0.25, -0.2) is 0 Å². The molecule has 1 N–H and O–H groups in total. The van der Waals surface area contributed by atoms with Crippen LogP contribution in [0, 0.1) is 0 Å². The third-order valence-corrected chi connectivity index (χ3v) is 6.46. The number of carbonyl (C=O) groups is 2. The van der Waals surface area contributed by atoms with Crippen molar-refractivity contribution < 1.29 is 9.59 Å². The molecule has 4 nitrogen and oxygen atoms in total. The van der Waals surface area contributed by atoms with E-state index in [1.807, 2.05) is 35.0 Å². The Hall–Kier alpha value is -1.67. The summed E-state index contributed by atoms with van der Waals surface area (Å²) in [6, 6.07) is 12.6. The lowest BCUT2D eigenvalue weighted by molar-refractivity contribution is -0.122. The zero-order chi connectivity index (χ0) is 19.4. The van der Waals surface area contributed by atoms with Crippen molar-refractivity contribution in [2.24, 2.45) is 0 Å². The molecule has 27 heavy (non-hydrogen) atoms. The smallest absolute Gasteiger partial charge is 0.264 e. The summed E-state index contributed by atoms with van der Waals surface area (Å²) in [7, 11) is 1.62. The summed E-state index contributed by atoms with van der Waals surface area (Å²) in [6.07, 6.45) is 0. The zero-order valence-corrected chi connectivity index (χ0v) is 18.3. The van der Waals surface area contributed by atoms with Crippen LogP contribution in [0.1, 0.15) is 26.8 Å². The fraction of sp³-hybridized carbons (Fsp3) is 0.158. The summed E-state index contributed by atoms with van der Waals surface area (Å²) in [5.74, 6) is -0.410. The molecule has 2 aromatic heterocycles. The molecule has 1 atom stereocenters. The Labute approximate surface area is 178 Å². The van der Waals surface area contributed by atoms with Gasteiger partial charge in [0.1, 0.15) is 0 Å². The summed E-state index contributed by atoms with van der Waals surface area (Å²) in [4.78, 5) is 27.0. The van der Waals surface area contributed by atoms with Crippen LogP contribution in [-0.2, 0) is 4.79 Å². The van der Waals surface area contributed by atoms with Crippen LogP contribution in [0.3, 0.4) is 0 Å². The van der Waals surface area contributed by atoms with Crippen molar-refractivity contribution in [2.75, 3.05) is 13.6 Å². The van der Waals surface area contributed by atoms with Gasteiger partial charge in [0.05, 0.1) is 21.3 Å². The first-order chi connectivity index (χ1) is 12.9. The molecule has 0 radical (unpaired) electrons. The van der Waals surface area contributed by atoms with Gasteiger partial charge in [0.25, 0.3) is 5.91 Å². The normalized spacial score (nSPS) is 11.8. The Morgan fingerprint density at radius 1 is 1.15 bits per heavy atom. The second-order valence-corrected chi connectivity index (χ2v) is 9.55. The van der Waals surface area contributed by atoms with Gasteiger partial charge in [0.2, 0.25) is 5.91 Å². The zero-order valence-electron chi connectivity index (χ0n) is 14.3. The van der Waals surface area contributed by atoms with Crippen molar-refractivity contribution in [3.05, 3.63) is 78.0 Å². The van der Waals surface area contributed by atoms with Gasteiger partial charge in [-0.15, -0.1) is 11.3 Å². The third kappa shape index (κ3) is 5.19. The van der Waals surface area contributed by atoms with Gasteiger partial charge in [0, 0.05) is 12.1 Å². The molecule has 0 bridgehead atoms. The minimum Gasteiger partial charge on any atom is -0.344 e. The standard InChI is InChI=1S/C19H16BrClN2O2S2/c1-23(19(25)15-6-7-16(20)27-15)10-17(24)22-18(13-8-9-26-11-13)12-2-4-14(21)5-3-12/h2-9,11,18H,10H2,1H3,(H,22,24). The number of halogens is 2. The van der Waals surface area contributed by atoms with Crippen LogP contribution in [0.2, 0.25) is 5.02 Å². The van der Waals surface area contributed by atoms with E-state index in [-0.39, 0.29) is 24.4 Å². The summed E-state index contributed by atoms with van der Waals surface area (Å²) in [6.45, 7) is -0.0252. The molecular formula is C19H16BrClN2O2S2. The Morgan fingerprint density at radius 2 is 1.89 bits per heavy atom. The summed E-state index contributed by atoms with van der Waals surface area (Å²) < 4.78 is 0.879. The molecule has 0 aliphatic rings. The minimum absolute atomic E-state index is 0.0252. The molecule has 1 aromatic carbocycles. The summed E-state index contributed by atoms with van der Waals surface area (Å²) in [5.41, 5.74) is 1.93. The minimum atomic E-state index is -0.291. The first-order valence-electron chi connectivity index (χ1n) is 8.02. The lowest BCUT2D eigenvalue weighted by atomic mass is 10.0. The first-order valence-corrected chi connectivity index (χ1v) is 10.9. The van der Waals surface area contributed by atoms with Gasteiger partial charge in [0.15, 0.2) is 0 Å². The number of thiophene rings is 2. The van der Waals surface area contributed by atoms with E-state index in [1.165, 1.54) is 16.2 Å². The topological polar surface area (TPSA) is 49.4 Å². The highest BCUT2D eigenvalue weighted by Crippen LogP contribution is 2.26. The van der Waals surface area contributed by atoms with Crippen molar-refractivity contribution in [2.45, 2.75) is 6.04 Å². The van der Waals surface area contributed by atoms with Gasteiger partial charge < -0.3 is 10.2 Å². The van der Waals surface area contributed by atoms with E-state index in [2.05, 4.69) is 21.2 Å². The molecule has 1 unspecified atom stereocenters. The van der Waals surface area contributed by atoms with Gasteiger partial charge in [-0.3, -0.25) is 9.59 Å². The van der Waals surface area contributed by atoms with Crippen LogP contribution in [0.5, 0.6) is 0 Å². The predicted molar refractivity (Wildman–Crippen MR) is 115 cm³/mol. The first kappa shape index (κ1) is 20.1. The Balaban J connectivity index is 1.71. The Bertz CT molecular complexity index is 926. The number of hydrogen-bond acceptors (Lipinski definition) is 4. The molecule has 2 amide bonds. The van der Waals surface area contributed by atoms with Crippen LogP contribution < -0.4 is 5.32 Å². The maximum absolute atomic E-state index is 12.6. The predicted octanol–water partition coefficient (Wildman–Crippen LogP) is 5.20. The van der Waals surface area contributed by atoms with Gasteiger partial charge in [-0.1, -0.05) is 23.7 Å². The fourth-order valence-corrected chi connectivity index (χ4v) is 4.76. The van der Waals surface area contributed by atoms with Gasteiger partial charge >= 0.3 is 0 Å². The molecule has 2 heterocycles. The Kier molecular flexibility index (Phi) is 6.70. The highest BCUT2D eigenvalue weighted by atomic mass is 79.9. The quantitative estimate of drug-likeness (QED) is 0.524. The monoisotopic (exact) mass is 482 g/mol. The lowest BCUT2D eigenvalue weighted by Gasteiger charge is -2.21. The number of nitrogens with zero attached hydrogens (tertiary/aromatic N) is 1. The molecule has 3 aromatic rings. The van der Waals surface area contributed by atoms with Crippen LogP contribution >= 0.6 is 50.2 Å². The molecule has 0 aliphatic heterocycles. The van der Waals surface area contributed by atoms with E-state index in [4.69, 9.17) is 11.6 Å². The van der Waals surface area contributed by atoms with E-state index in [9.17, 15) is 9.59 Å². The number of amides is 2. The van der Waals surface area contributed by atoms with Crippen molar-refractivity contribution in [3.8, 4) is 0 Å². The molecule has 0 saturated carbocycles. The highest BCUT2D eigenvalue weighted by Gasteiger charge is 2.21. The number of carbonyl (C=O) groups excluding carboxylic acids is 2. The van der Waals surface area contributed by atoms with E-state index in [0.717, 1.165) is 14.9 Å². The third-order valence-electron chi connectivity index (χ3n) is 3.90. The Morgan fingerprint density at radius 3 is 2.48 bits per heavy atom. The second-order valence-electron chi connectivity index (χ2n) is 5.87. The summed E-state index contributed by atoms with van der Waals surface area (Å²) in [5, 5.41) is 7.63. The molecule has 3 rings (SSSR count). The molecule has 8 heteroatoms. The van der Waals surface area contributed by atoms with Gasteiger partial charge in [-0.05, 0) is 68.1 Å². The molecule has 0 spiro atoms. The molecule has 0 fully saturated rings. The molecule has 0 saturated heterocycles. The number of likely N-dealkylation sites (N-methyl/N-ethyl adjacent to an activating group) is 1. The van der Waals surface area contributed by atoms with Crippen LogP contribution in [0.15, 0.2) is 57.0 Å². The highest BCUT2D eigenvalue weighted by molar-refractivity contribution is 9.11. The van der Waals surface area contributed by atoms with Crippen LogP contribution in [-0.4, -0.2) is 30.3 Å². The molecular weight excluding hydrogens is 468 g/mol. The number of hydrogen-bond donors (Lipinski definition) is 1. The van der Waals surface area contributed by atoms with E-state index in [1.54, 1.807) is 36.6 Å². The fourth-order valence-electron chi connectivity index (χ4n) is 2.56. The average molecular weight is 484 g/mol.